The van der Waals surface area contributed by atoms with Gasteiger partial charge in [-0.05, 0) is 41.0 Å². The van der Waals surface area contributed by atoms with Gasteiger partial charge in [0.1, 0.15) is 5.76 Å². The molecular formula is C10H14BrNO. The van der Waals surface area contributed by atoms with Gasteiger partial charge in [0, 0.05) is 19.0 Å². The zero-order valence-electron chi connectivity index (χ0n) is 8.01. The third kappa shape index (κ3) is 1.81. The van der Waals surface area contributed by atoms with Gasteiger partial charge in [0.15, 0.2) is 4.67 Å². The topological polar surface area (TPSA) is 16.4 Å². The molecule has 0 N–H and O–H groups in total. The van der Waals surface area contributed by atoms with Crippen molar-refractivity contribution in [3.63, 3.8) is 0 Å². The molecule has 1 aromatic rings. The van der Waals surface area contributed by atoms with Gasteiger partial charge in [0.2, 0.25) is 0 Å². The second-order valence-corrected chi connectivity index (χ2v) is 4.63. The molecule has 0 radical (unpaired) electrons. The highest BCUT2D eigenvalue weighted by Gasteiger charge is 2.21. The quantitative estimate of drug-likeness (QED) is 0.697. The van der Waals surface area contributed by atoms with Gasteiger partial charge in [0.25, 0.3) is 0 Å². The van der Waals surface area contributed by atoms with Crippen molar-refractivity contribution >= 4 is 15.9 Å². The molecule has 13 heavy (non-hydrogen) atoms. The molecule has 72 valence electrons. The van der Waals surface area contributed by atoms with Crippen LogP contribution in [0.15, 0.2) is 15.2 Å². The molecule has 3 heteroatoms. The van der Waals surface area contributed by atoms with Crippen molar-refractivity contribution in [3.05, 3.63) is 22.1 Å². The number of hydrogen-bond donors (Lipinski definition) is 0. The lowest BCUT2D eigenvalue weighted by Gasteiger charge is -2.15. The Hall–Kier alpha value is -0.280. The van der Waals surface area contributed by atoms with E-state index in [0.29, 0.717) is 5.92 Å². The Kier molecular flexibility index (Phi) is 2.47. The Morgan fingerprint density at radius 2 is 2.38 bits per heavy atom. The number of halogens is 1. The summed E-state index contributed by atoms with van der Waals surface area (Å²) in [7, 11) is 2.16. The lowest BCUT2D eigenvalue weighted by molar-refractivity contribution is 0.317. The molecule has 0 amide bonds. The molecule has 0 bridgehead atoms. The first-order chi connectivity index (χ1) is 6.16. The number of rotatable bonds is 0. The van der Waals surface area contributed by atoms with E-state index in [1.54, 1.807) is 0 Å². The summed E-state index contributed by atoms with van der Waals surface area (Å²) in [6.45, 7) is 4.44. The van der Waals surface area contributed by atoms with Gasteiger partial charge in [-0.25, -0.2) is 0 Å². The second-order valence-electron chi connectivity index (χ2n) is 3.85. The molecule has 0 fully saturated rings. The lowest BCUT2D eigenvalue weighted by atomic mass is 10.1. The lowest BCUT2D eigenvalue weighted by Crippen LogP contribution is -2.22. The summed E-state index contributed by atoms with van der Waals surface area (Å²) in [4.78, 5) is 2.36. The fourth-order valence-corrected chi connectivity index (χ4v) is 2.42. The number of furan rings is 1. The Morgan fingerprint density at radius 1 is 1.62 bits per heavy atom. The molecule has 1 aliphatic heterocycles. The molecule has 0 aliphatic carbocycles. The van der Waals surface area contributed by atoms with E-state index in [9.17, 15) is 0 Å². The number of nitrogens with zero attached hydrogens (tertiary/aromatic N) is 1. The average Bonchev–Trinajstić information content (AvgIpc) is 2.38. The van der Waals surface area contributed by atoms with Crippen LogP contribution in [0.1, 0.15) is 24.2 Å². The van der Waals surface area contributed by atoms with E-state index >= 15 is 0 Å². The monoisotopic (exact) mass is 243 g/mol. The Morgan fingerprint density at radius 3 is 3.15 bits per heavy atom. The predicted octanol–water partition coefficient (Wildman–Crippen LogP) is 2.63. The van der Waals surface area contributed by atoms with Crippen molar-refractivity contribution in [2.75, 3.05) is 20.1 Å². The molecule has 1 aromatic heterocycles. The minimum atomic E-state index is 0.508. The Bertz CT molecular complexity index is 308. The fourth-order valence-electron chi connectivity index (χ4n) is 1.97. The summed E-state index contributed by atoms with van der Waals surface area (Å²) in [5, 5.41) is 0. The van der Waals surface area contributed by atoms with Crippen molar-refractivity contribution in [2.24, 2.45) is 0 Å². The molecule has 2 nitrogen and oxygen atoms in total. The van der Waals surface area contributed by atoms with E-state index in [-0.39, 0.29) is 0 Å². The van der Waals surface area contributed by atoms with Crippen LogP contribution in [-0.4, -0.2) is 25.0 Å². The van der Waals surface area contributed by atoms with Gasteiger partial charge >= 0.3 is 0 Å². The maximum Gasteiger partial charge on any atom is 0.169 e. The predicted molar refractivity (Wildman–Crippen MR) is 56.0 cm³/mol. The van der Waals surface area contributed by atoms with E-state index in [1.807, 2.05) is 0 Å². The van der Waals surface area contributed by atoms with Crippen molar-refractivity contribution in [2.45, 2.75) is 19.3 Å². The normalized spacial score (nSPS) is 24.1. The van der Waals surface area contributed by atoms with Crippen LogP contribution in [0.4, 0.5) is 0 Å². The first-order valence-electron chi connectivity index (χ1n) is 4.63. The molecular weight excluding hydrogens is 230 g/mol. The number of fused-ring (bicyclic) bond motifs is 1. The largest absolute Gasteiger partial charge is 0.454 e. The molecule has 1 aliphatic rings. The summed E-state index contributed by atoms with van der Waals surface area (Å²) < 4.78 is 6.51. The van der Waals surface area contributed by atoms with E-state index in [2.05, 4.69) is 40.9 Å². The van der Waals surface area contributed by atoms with Crippen molar-refractivity contribution in [1.29, 1.82) is 0 Å². The van der Waals surface area contributed by atoms with Crippen LogP contribution in [0, 0.1) is 0 Å². The highest BCUT2D eigenvalue weighted by molar-refractivity contribution is 9.10. The van der Waals surface area contributed by atoms with E-state index < -0.39 is 0 Å². The molecule has 0 saturated carbocycles. The minimum Gasteiger partial charge on any atom is -0.454 e. The van der Waals surface area contributed by atoms with Gasteiger partial charge in [-0.1, -0.05) is 6.92 Å². The number of hydrogen-bond acceptors (Lipinski definition) is 2. The average molecular weight is 244 g/mol. The Labute approximate surface area is 87.0 Å². The maximum atomic E-state index is 5.64. The molecule has 0 saturated heterocycles. The summed E-state index contributed by atoms with van der Waals surface area (Å²) in [6, 6.07) is 2.10. The zero-order chi connectivity index (χ0) is 9.42. The second kappa shape index (κ2) is 3.46. The van der Waals surface area contributed by atoms with E-state index in [0.717, 1.165) is 29.9 Å². The zero-order valence-corrected chi connectivity index (χ0v) is 9.60. The van der Waals surface area contributed by atoms with Gasteiger partial charge in [-0.2, -0.15) is 0 Å². The molecule has 2 rings (SSSR count). The summed E-state index contributed by atoms with van der Waals surface area (Å²) in [5.41, 5.74) is 1.36. The summed E-state index contributed by atoms with van der Waals surface area (Å²) in [6.07, 6.45) is 1.10. The molecule has 0 spiro atoms. The molecule has 1 unspecified atom stereocenters. The van der Waals surface area contributed by atoms with Crippen molar-refractivity contribution < 1.29 is 4.42 Å². The first kappa shape index (κ1) is 9.28. The van der Waals surface area contributed by atoms with Crippen LogP contribution >= 0.6 is 15.9 Å². The third-order valence-corrected chi connectivity index (χ3v) is 3.00. The minimum absolute atomic E-state index is 0.508. The van der Waals surface area contributed by atoms with Crippen LogP contribution in [0.3, 0.4) is 0 Å². The SMILES string of the molecule is CC1CN(C)CCc2cc(Br)oc21. The smallest absolute Gasteiger partial charge is 0.169 e. The van der Waals surface area contributed by atoms with Gasteiger partial charge < -0.3 is 9.32 Å². The standard InChI is InChI=1S/C10H14BrNO/c1-7-6-12(2)4-3-8-5-9(11)13-10(7)8/h5,7H,3-4,6H2,1-2H3. The van der Waals surface area contributed by atoms with Crippen LogP contribution in [0.2, 0.25) is 0 Å². The third-order valence-electron chi connectivity index (χ3n) is 2.61. The van der Waals surface area contributed by atoms with Gasteiger partial charge in [-0.3, -0.25) is 0 Å². The van der Waals surface area contributed by atoms with Crippen LogP contribution < -0.4 is 0 Å². The van der Waals surface area contributed by atoms with Crippen LogP contribution in [0.25, 0.3) is 0 Å². The van der Waals surface area contributed by atoms with Crippen LogP contribution in [-0.2, 0) is 6.42 Å². The van der Waals surface area contributed by atoms with E-state index in [1.165, 1.54) is 5.56 Å². The van der Waals surface area contributed by atoms with Crippen molar-refractivity contribution in [3.8, 4) is 0 Å². The van der Waals surface area contributed by atoms with E-state index in [4.69, 9.17) is 4.42 Å². The maximum absolute atomic E-state index is 5.64. The Balaban J connectivity index is 2.33. The summed E-state index contributed by atoms with van der Waals surface area (Å²) in [5.74, 6) is 1.67. The van der Waals surface area contributed by atoms with Gasteiger partial charge in [-0.15, -0.1) is 0 Å². The van der Waals surface area contributed by atoms with Crippen LogP contribution in [0.5, 0.6) is 0 Å². The number of likely N-dealkylation sites (N-methyl/N-ethyl adjacent to an activating group) is 1. The molecule has 0 aromatic carbocycles. The summed E-state index contributed by atoms with van der Waals surface area (Å²) >= 11 is 3.38. The molecule has 2 heterocycles. The molecule has 1 atom stereocenters. The highest BCUT2D eigenvalue weighted by Crippen LogP contribution is 2.29. The van der Waals surface area contributed by atoms with Gasteiger partial charge in [0.05, 0.1) is 0 Å². The van der Waals surface area contributed by atoms with Crippen molar-refractivity contribution in [1.82, 2.24) is 4.90 Å². The first-order valence-corrected chi connectivity index (χ1v) is 5.43. The highest BCUT2D eigenvalue weighted by atomic mass is 79.9. The fraction of sp³-hybridized carbons (Fsp3) is 0.600.